The highest BCUT2D eigenvalue weighted by Crippen LogP contribution is 2.66. The van der Waals surface area contributed by atoms with Gasteiger partial charge in [0.15, 0.2) is 0 Å². The molecule has 0 spiro atoms. The summed E-state index contributed by atoms with van der Waals surface area (Å²) >= 11 is 0. The van der Waals surface area contributed by atoms with E-state index in [1.54, 1.807) is 0 Å². The fraction of sp³-hybridized carbons (Fsp3) is 1.00. The van der Waals surface area contributed by atoms with Crippen molar-refractivity contribution >= 4 is 0 Å². The molecule has 21 heavy (non-hydrogen) atoms. The highest BCUT2D eigenvalue weighted by atomic mass is 16.5. The summed E-state index contributed by atoms with van der Waals surface area (Å²) in [6.07, 6.45) is 5.81. The van der Waals surface area contributed by atoms with Gasteiger partial charge in [0.25, 0.3) is 0 Å². The van der Waals surface area contributed by atoms with Crippen molar-refractivity contribution in [2.45, 2.75) is 85.0 Å². The van der Waals surface area contributed by atoms with Gasteiger partial charge in [-0.1, -0.05) is 27.7 Å². The quantitative estimate of drug-likeness (QED) is 0.722. The number of fused-ring (bicyclic) bond motifs is 2. The lowest BCUT2D eigenvalue weighted by Crippen LogP contribution is -2.38. The third-order valence-corrected chi connectivity index (χ3v) is 6.80. The summed E-state index contributed by atoms with van der Waals surface area (Å²) in [5, 5.41) is 13.4. The maximum absolute atomic E-state index is 10.0. The SMILES string of the molecule is CC[C@H](C)NC[C@@H](O)CCO[C@@H]1C[C@@H]2CC[C@]1(C)C2(C)C. The molecule has 0 heterocycles. The Kier molecular flexibility index (Phi) is 5.38. The lowest BCUT2D eigenvalue weighted by atomic mass is 9.70. The third-order valence-electron chi connectivity index (χ3n) is 6.80. The second kappa shape index (κ2) is 6.55. The molecule has 3 nitrogen and oxygen atoms in total. The molecule has 3 heteroatoms. The van der Waals surface area contributed by atoms with Crippen molar-refractivity contribution in [1.82, 2.24) is 5.32 Å². The summed E-state index contributed by atoms with van der Waals surface area (Å²) in [7, 11) is 0. The zero-order valence-electron chi connectivity index (χ0n) is 14.6. The van der Waals surface area contributed by atoms with E-state index in [1.807, 2.05) is 0 Å². The molecule has 0 amide bonds. The first-order chi connectivity index (χ1) is 9.81. The number of hydrogen-bond acceptors (Lipinski definition) is 3. The Morgan fingerprint density at radius 3 is 2.57 bits per heavy atom. The monoisotopic (exact) mass is 297 g/mol. The largest absolute Gasteiger partial charge is 0.392 e. The second-order valence-electron chi connectivity index (χ2n) is 8.13. The molecule has 2 fully saturated rings. The van der Waals surface area contributed by atoms with E-state index in [0.29, 0.717) is 36.1 Å². The summed E-state index contributed by atoms with van der Waals surface area (Å²) in [5.74, 6) is 0.824. The van der Waals surface area contributed by atoms with Crippen molar-refractivity contribution in [2.24, 2.45) is 16.7 Å². The van der Waals surface area contributed by atoms with Gasteiger partial charge in [0.05, 0.1) is 12.2 Å². The molecule has 2 rings (SSSR count). The van der Waals surface area contributed by atoms with Crippen LogP contribution in [0.5, 0.6) is 0 Å². The first-order valence-electron chi connectivity index (χ1n) is 8.84. The van der Waals surface area contributed by atoms with E-state index in [9.17, 15) is 5.11 Å². The molecule has 5 atom stereocenters. The molecule has 0 aliphatic heterocycles. The van der Waals surface area contributed by atoms with Gasteiger partial charge in [0, 0.05) is 19.2 Å². The van der Waals surface area contributed by atoms with Gasteiger partial charge in [-0.2, -0.15) is 0 Å². The molecule has 0 aromatic rings. The first-order valence-corrected chi connectivity index (χ1v) is 8.84. The second-order valence-corrected chi connectivity index (χ2v) is 8.13. The Balaban J connectivity index is 1.70. The predicted molar refractivity (Wildman–Crippen MR) is 87.3 cm³/mol. The Labute approximate surface area is 130 Å². The van der Waals surface area contributed by atoms with Gasteiger partial charge in [0.2, 0.25) is 0 Å². The van der Waals surface area contributed by atoms with E-state index >= 15 is 0 Å². The minimum Gasteiger partial charge on any atom is -0.392 e. The van der Waals surface area contributed by atoms with Crippen molar-refractivity contribution in [2.75, 3.05) is 13.2 Å². The van der Waals surface area contributed by atoms with Crippen LogP contribution >= 0.6 is 0 Å². The van der Waals surface area contributed by atoms with Gasteiger partial charge < -0.3 is 15.2 Å². The summed E-state index contributed by atoms with van der Waals surface area (Å²) < 4.78 is 6.19. The predicted octanol–water partition coefficient (Wildman–Crippen LogP) is 3.36. The molecule has 2 bridgehead atoms. The Bertz CT molecular complexity index is 344. The van der Waals surface area contributed by atoms with Crippen molar-refractivity contribution in [3.63, 3.8) is 0 Å². The molecule has 124 valence electrons. The normalized spacial score (nSPS) is 36.9. The van der Waals surface area contributed by atoms with E-state index in [-0.39, 0.29) is 6.10 Å². The number of rotatable bonds is 8. The Hall–Kier alpha value is -0.120. The van der Waals surface area contributed by atoms with Crippen LogP contribution in [-0.4, -0.2) is 36.5 Å². The number of hydrogen-bond donors (Lipinski definition) is 2. The number of aliphatic hydroxyl groups excluding tert-OH is 1. The van der Waals surface area contributed by atoms with Gasteiger partial charge in [0.1, 0.15) is 0 Å². The number of ether oxygens (including phenoxy) is 1. The van der Waals surface area contributed by atoms with Crippen molar-refractivity contribution in [3.05, 3.63) is 0 Å². The van der Waals surface area contributed by atoms with Crippen LogP contribution in [0.25, 0.3) is 0 Å². The summed E-state index contributed by atoms with van der Waals surface area (Å²) in [6, 6.07) is 0.478. The molecule has 2 N–H and O–H groups in total. The molecular weight excluding hydrogens is 262 g/mol. The summed E-state index contributed by atoms with van der Waals surface area (Å²) in [4.78, 5) is 0. The Morgan fingerprint density at radius 1 is 1.33 bits per heavy atom. The molecule has 2 aliphatic carbocycles. The van der Waals surface area contributed by atoms with E-state index in [2.05, 4.69) is 39.9 Å². The van der Waals surface area contributed by atoms with Crippen LogP contribution in [0, 0.1) is 16.7 Å². The van der Waals surface area contributed by atoms with Crippen molar-refractivity contribution in [1.29, 1.82) is 0 Å². The van der Waals surface area contributed by atoms with E-state index < -0.39 is 0 Å². The van der Waals surface area contributed by atoms with Gasteiger partial charge >= 0.3 is 0 Å². The van der Waals surface area contributed by atoms with Crippen molar-refractivity contribution < 1.29 is 9.84 Å². The lowest BCUT2D eigenvalue weighted by molar-refractivity contribution is -0.0546. The topological polar surface area (TPSA) is 41.5 Å². The zero-order valence-corrected chi connectivity index (χ0v) is 14.6. The van der Waals surface area contributed by atoms with Crippen LogP contribution in [0.2, 0.25) is 0 Å². The van der Waals surface area contributed by atoms with Crippen LogP contribution in [0.1, 0.15) is 66.7 Å². The maximum atomic E-state index is 10.0. The number of nitrogens with one attached hydrogen (secondary N) is 1. The van der Waals surface area contributed by atoms with Gasteiger partial charge in [-0.25, -0.2) is 0 Å². The lowest BCUT2D eigenvalue weighted by Gasteiger charge is -2.39. The molecule has 0 aromatic heterocycles. The van der Waals surface area contributed by atoms with E-state index in [0.717, 1.165) is 18.8 Å². The average molecular weight is 297 g/mol. The van der Waals surface area contributed by atoms with Crippen LogP contribution in [0.4, 0.5) is 0 Å². The molecule has 0 saturated heterocycles. The Morgan fingerprint density at radius 2 is 2.05 bits per heavy atom. The number of aliphatic hydroxyl groups is 1. The van der Waals surface area contributed by atoms with Crippen LogP contribution < -0.4 is 5.32 Å². The summed E-state index contributed by atoms with van der Waals surface area (Å²) in [5.41, 5.74) is 0.742. The van der Waals surface area contributed by atoms with Crippen molar-refractivity contribution in [3.8, 4) is 0 Å². The minimum atomic E-state index is -0.293. The molecule has 2 aliphatic rings. The van der Waals surface area contributed by atoms with Gasteiger partial charge in [-0.15, -0.1) is 0 Å². The highest BCUT2D eigenvalue weighted by Gasteiger charge is 2.61. The van der Waals surface area contributed by atoms with E-state index in [1.165, 1.54) is 19.3 Å². The highest BCUT2D eigenvalue weighted by molar-refractivity contribution is 5.11. The fourth-order valence-corrected chi connectivity index (χ4v) is 4.31. The molecule has 0 aromatic carbocycles. The average Bonchev–Trinajstić information content (AvgIpc) is 2.77. The fourth-order valence-electron chi connectivity index (χ4n) is 4.31. The smallest absolute Gasteiger partial charge is 0.0686 e. The summed E-state index contributed by atoms with van der Waals surface area (Å²) in [6.45, 7) is 12.9. The maximum Gasteiger partial charge on any atom is 0.0686 e. The van der Waals surface area contributed by atoms with Gasteiger partial charge in [-0.3, -0.25) is 0 Å². The molecular formula is C18H35NO2. The zero-order chi connectivity index (χ0) is 15.7. The molecule has 0 radical (unpaired) electrons. The van der Waals surface area contributed by atoms with Crippen LogP contribution in [-0.2, 0) is 4.74 Å². The van der Waals surface area contributed by atoms with Crippen LogP contribution in [0.15, 0.2) is 0 Å². The first kappa shape index (κ1) is 17.2. The van der Waals surface area contributed by atoms with Crippen LogP contribution in [0.3, 0.4) is 0 Å². The standard InChI is InChI=1S/C18H35NO2/c1-6-13(2)19-12-15(20)8-10-21-16-11-14-7-9-18(16,5)17(14,3)4/h13-16,19-20H,6-12H2,1-5H3/t13-,14-,15-,16+,18-/m0/s1. The molecule has 2 saturated carbocycles. The van der Waals surface area contributed by atoms with E-state index in [4.69, 9.17) is 4.74 Å². The molecule has 0 unspecified atom stereocenters. The third kappa shape index (κ3) is 3.30. The minimum absolute atomic E-state index is 0.293. The van der Waals surface area contributed by atoms with Gasteiger partial charge in [-0.05, 0) is 55.8 Å².